The number of para-hydroxylation sites is 1. The molecule has 3 amide bonds. The summed E-state index contributed by atoms with van der Waals surface area (Å²) in [6.45, 7) is 9.11. The third-order valence-corrected chi connectivity index (χ3v) is 7.61. The molecule has 2 aromatic carbocycles. The van der Waals surface area contributed by atoms with Crippen molar-refractivity contribution >= 4 is 40.2 Å². The van der Waals surface area contributed by atoms with Gasteiger partial charge in [-0.1, -0.05) is 38.1 Å². The van der Waals surface area contributed by atoms with Crippen molar-refractivity contribution in [2.24, 2.45) is 0 Å². The first-order valence-corrected chi connectivity index (χ1v) is 12.3. The normalized spacial score (nSPS) is 22.2. The fourth-order valence-corrected chi connectivity index (χ4v) is 5.86. The zero-order valence-electron chi connectivity index (χ0n) is 19.7. The highest BCUT2D eigenvalue weighted by atomic mass is 32.2. The van der Waals surface area contributed by atoms with Crippen LogP contribution in [-0.4, -0.2) is 23.6 Å². The van der Waals surface area contributed by atoms with Crippen molar-refractivity contribution in [2.75, 3.05) is 16.8 Å². The molecule has 3 aliphatic heterocycles. The maximum absolute atomic E-state index is 12.4. The van der Waals surface area contributed by atoms with Crippen LogP contribution in [0.5, 0.6) is 0 Å². The maximum Gasteiger partial charge on any atom is 0.290 e. The monoisotopic (exact) mass is 473 g/mol. The largest absolute Gasteiger partial charge is 0.342 e. The van der Waals surface area contributed by atoms with Gasteiger partial charge in [0.05, 0.1) is 4.91 Å². The summed E-state index contributed by atoms with van der Waals surface area (Å²) >= 11 is 0.926. The molecule has 0 bridgehead atoms. The van der Waals surface area contributed by atoms with E-state index in [1.807, 2.05) is 12.1 Å². The quantitative estimate of drug-likeness (QED) is 0.589. The Labute approximate surface area is 203 Å². The fraction of sp³-hybridized carbons (Fsp3) is 0.296. The van der Waals surface area contributed by atoms with Gasteiger partial charge in [0.15, 0.2) is 0 Å². The minimum absolute atomic E-state index is 0.0309. The molecule has 0 aliphatic carbocycles. The summed E-state index contributed by atoms with van der Waals surface area (Å²) < 4.78 is 0. The van der Waals surface area contributed by atoms with Gasteiger partial charge in [0.25, 0.3) is 11.1 Å². The van der Waals surface area contributed by atoms with Crippen LogP contribution in [0.15, 0.2) is 59.2 Å². The number of carbonyl (C=O) groups is 3. The van der Waals surface area contributed by atoms with Crippen molar-refractivity contribution in [3.8, 4) is 0 Å². The Morgan fingerprint density at radius 1 is 1.12 bits per heavy atom. The Morgan fingerprint density at radius 2 is 1.88 bits per heavy atom. The van der Waals surface area contributed by atoms with Crippen molar-refractivity contribution in [1.29, 1.82) is 0 Å². The van der Waals surface area contributed by atoms with Gasteiger partial charge in [-0.25, -0.2) is 0 Å². The number of carbonyl (C=O) groups excluding carboxylic acids is 3. The topological polar surface area (TPSA) is 78.5 Å². The highest BCUT2D eigenvalue weighted by Crippen LogP contribution is 2.45. The second-order valence-electron chi connectivity index (χ2n) is 9.59. The lowest BCUT2D eigenvalue weighted by Crippen LogP contribution is -2.33. The number of thioether (sulfide) groups is 1. The van der Waals surface area contributed by atoms with E-state index in [4.69, 9.17) is 0 Å². The lowest BCUT2D eigenvalue weighted by atomic mass is 9.75. The van der Waals surface area contributed by atoms with E-state index < -0.39 is 0 Å². The summed E-state index contributed by atoms with van der Waals surface area (Å²) in [6, 6.07) is 12.6. The summed E-state index contributed by atoms with van der Waals surface area (Å²) in [5.74, 6) is -0.399. The van der Waals surface area contributed by atoms with Crippen LogP contribution in [0.4, 0.5) is 16.2 Å². The van der Waals surface area contributed by atoms with Crippen molar-refractivity contribution < 1.29 is 14.4 Å². The van der Waals surface area contributed by atoms with Gasteiger partial charge in [-0.2, -0.15) is 0 Å². The average Bonchev–Trinajstić information content (AvgIpc) is 3.09. The number of allylic oxidation sites excluding steroid dienone is 2. The van der Waals surface area contributed by atoms with Crippen molar-refractivity contribution in [1.82, 2.24) is 5.32 Å². The van der Waals surface area contributed by atoms with Crippen LogP contribution in [0.25, 0.3) is 0 Å². The van der Waals surface area contributed by atoms with E-state index in [0.29, 0.717) is 17.9 Å². The smallest absolute Gasteiger partial charge is 0.290 e. The van der Waals surface area contributed by atoms with Crippen LogP contribution in [0.2, 0.25) is 0 Å². The summed E-state index contributed by atoms with van der Waals surface area (Å²) in [5, 5.41) is 5.06. The van der Waals surface area contributed by atoms with E-state index in [9.17, 15) is 14.4 Å². The minimum atomic E-state index is -0.364. The molecular weight excluding hydrogens is 446 g/mol. The third-order valence-electron chi connectivity index (χ3n) is 6.80. The number of imide groups is 1. The summed E-state index contributed by atoms with van der Waals surface area (Å²) in [4.78, 5) is 38.9. The Hall–Kier alpha value is -3.32. The van der Waals surface area contributed by atoms with Gasteiger partial charge in [-0.15, -0.1) is 0 Å². The van der Waals surface area contributed by atoms with Gasteiger partial charge >= 0.3 is 0 Å². The Kier molecular flexibility index (Phi) is 5.40. The second-order valence-corrected chi connectivity index (χ2v) is 10.6. The molecule has 5 rings (SSSR count). The maximum atomic E-state index is 12.4. The molecular formula is C27H27N3O3S. The number of fused-ring (bicyclic) bond motifs is 2. The van der Waals surface area contributed by atoms with E-state index in [0.717, 1.165) is 51.1 Å². The van der Waals surface area contributed by atoms with Crippen LogP contribution in [0.1, 0.15) is 55.4 Å². The Morgan fingerprint density at radius 3 is 2.59 bits per heavy atom. The van der Waals surface area contributed by atoms with Crippen LogP contribution in [0.3, 0.4) is 0 Å². The lowest BCUT2D eigenvalue weighted by molar-refractivity contribution is -0.117. The summed E-state index contributed by atoms with van der Waals surface area (Å²) in [7, 11) is 0. The van der Waals surface area contributed by atoms with Gasteiger partial charge < -0.3 is 10.2 Å². The van der Waals surface area contributed by atoms with Gasteiger partial charge in [0, 0.05) is 41.4 Å². The first kappa shape index (κ1) is 22.5. The number of hydrogen-bond acceptors (Lipinski definition) is 5. The molecule has 1 saturated heterocycles. The number of likely N-dealkylation sites (N-methyl/N-ethyl adjacent to an activating group) is 1. The van der Waals surface area contributed by atoms with E-state index in [1.165, 1.54) is 0 Å². The number of nitrogens with zero attached hydrogens (tertiary/aromatic N) is 1. The molecule has 34 heavy (non-hydrogen) atoms. The zero-order valence-corrected chi connectivity index (χ0v) is 20.5. The Balaban J connectivity index is 1.68. The van der Waals surface area contributed by atoms with Crippen LogP contribution >= 0.6 is 11.8 Å². The van der Waals surface area contributed by atoms with Crippen LogP contribution in [-0.2, 0) is 15.0 Å². The number of amides is 3. The summed E-state index contributed by atoms with van der Waals surface area (Å²) in [5.41, 5.74) is 7.15. The first-order valence-electron chi connectivity index (χ1n) is 11.5. The molecule has 0 radical (unpaired) electrons. The molecule has 3 aliphatic rings. The van der Waals surface area contributed by atoms with Gasteiger partial charge in [0.1, 0.15) is 0 Å². The van der Waals surface area contributed by atoms with E-state index in [-0.39, 0.29) is 28.4 Å². The van der Waals surface area contributed by atoms with Crippen molar-refractivity contribution in [3.63, 3.8) is 0 Å². The molecule has 0 saturated carbocycles. The second kappa shape index (κ2) is 8.17. The molecule has 6 nitrogen and oxygen atoms in total. The number of aryl methyl sites for hydroxylation is 1. The predicted molar refractivity (Wildman–Crippen MR) is 136 cm³/mol. The number of nitrogens with one attached hydrogen (secondary N) is 2. The van der Waals surface area contributed by atoms with E-state index in [2.05, 4.69) is 73.6 Å². The molecule has 0 aromatic heterocycles. The minimum Gasteiger partial charge on any atom is -0.342 e. The number of hydrogen-bond donors (Lipinski definition) is 2. The predicted octanol–water partition coefficient (Wildman–Crippen LogP) is 5.34. The van der Waals surface area contributed by atoms with E-state index in [1.54, 1.807) is 6.08 Å². The number of rotatable bonds is 3. The highest BCUT2D eigenvalue weighted by molar-refractivity contribution is 8.18. The van der Waals surface area contributed by atoms with Crippen molar-refractivity contribution in [3.05, 3.63) is 81.4 Å². The molecule has 3 heterocycles. The molecule has 0 spiro atoms. The standard InChI is InChI=1S/C27H27N3O3S/c1-5-30-16(12-23-25(32)29-26(33)34-23)11-19(17-8-6-7-9-22(17)30)18-13-21-20(10-15(18)2)27(3,4)14-24(31)28-21/h6-13,19H,5,14H2,1-4H3,(H,28,31)(H,29,32,33). The number of anilines is 2. The molecule has 1 atom stereocenters. The molecule has 1 unspecified atom stereocenters. The molecule has 2 N–H and O–H groups in total. The highest BCUT2D eigenvalue weighted by Gasteiger charge is 2.34. The average molecular weight is 474 g/mol. The first-order chi connectivity index (χ1) is 16.2. The summed E-state index contributed by atoms with van der Waals surface area (Å²) in [6.07, 6.45) is 4.42. The molecule has 174 valence electrons. The Bertz CT molecular complexity index is 1310. The number of benzene rings is 2. The van der Waals surface area contributed by atoms with Gasteiger partial charge in [0.2, 0.25) is 5.91 Å². The van der Waals surface area contributed by atoms with Crippen LogP contribution in [0, 0.1) is 6.92 Å². The van der Waals surface area contributed by atoms with E-state index >= 15 is 0 Å². The lowest BCUT2D eigenvalue weighted by Gasteiger charge is -2.37. The van der Waals surface area contributed by atoms with Crippen molar-refractivity contribution in [2.45, 2.75) is 45.4 Å². The van der Waals surface area contributed by atoms with Gasteiger partial charge in [-0.05, 0) is 72.1 Å². The fourth-order valence-electron chi connectivity index (χ4n) is 5.19. The molecule has 7 heteroatoms. The third kappa shape index (κ3) is 3.74. The molecule has 2 aromatic rings. The zero-order chi connectivity index (χ0) is 24.2. The van der Waals surface area contributed by atoms with Crippen LogP contribution < -0.4 is 15.5 Å². The SMILES string of the molecule is CCN1C(C=C2SC(=O)NC2=O)=CC(c2cc3c(cc2C)C(C)(C)CC(=O)N3)c2ccccc21. The van der Waals surface area contributed by atoms with Gasteiger partial charge in [-0.3, -0.25) is 19.7 Å². The molecule has 1 fully saturated rings.